The Bertz CT molecular complexity index is 503. The quantitative estimate of drug-likeness (QED) is 0.765. The van der Waals surface area contributed by atoms with Gasteiger partial charge in [-0.1, -0.05) is 0 Å². The molecule has 1 aromatic heterocycles. The predicted molar refractivity (Wildman–Crippen MR) is 63.0 cm³/mol. The standard InChI is InChI=1S/C11H15N3O4/c1-6-8(16)5-10(18-6)14-4-3-9(12-7(2)15)13-11(14)17/h3-4,6,8,10,16H,5H2,1-2H3,(H,12,13,15,17)/t6-,8?,10-/m1/s1. The second-order valence-electron chi connectivity index (χ2n) is 4.28. The molecular weight excluding hydrogens is 238 g/mol. The van der Waals surface area contributed by atoms with Gasteiger partial charge < -0.3 is 15.2 Å². The van der Waals surface area contributed by atoms with Gasteiger partial charge in [0, 0.05) is 19.5 Å². The van der Waals surface area contributed by atoms with Crippen molar-refractivity contribution in [3.05, 3.63) is 22.7 Å². The van der Waals surface area contributed by atoms with Crippen molar-refractivity contribution in [1.29, 1.82) is 0 Å². The van der Waals surface area contributed by atoms with Crippen LogP contribution in [0.4, 0.5) is 5.82 Å². The van der Waals surface area contributed by atoms with Crippen molar-refractivity contribution in [3.8, 4) is 0 Å². The minimum absolute atomic E-state index is 0.204. The molecule has 1 amide bonds. The number of hydrogen-bond acceptors (Lipinski definition) is 5. The van der Waals surface area contributed by atoms with Gasteiger partial charge in [-0.05, 0) is 13.0 Å². The Morgan fingerprint density at radius 1 is 1.67 bits per heavy atom. The number of nitrogens with one attached hydrogen (secondary N) is 1. The fourth-order valence-electron chi connectivity index (χ4n) is 1.85. The molecule has 7 heteroatoms. The largest absolute Gasteiger partial charge is 0.390 e. The maximum atomic E-state index is 11.8. The van der Waals surface area contributed by atoms with Crippen LogP contribution in [0.5, 0.6) is 0 Å². The number of rotatable bonds is 2. The molecule has 2 heterocycles. The van der Waals surface area contributed by atoms with E-state index in [1.165, 1.54) is 23.8 Å². The number of nitrogens with zero attached hydrogens (tertiary/aromatic N) is 2. The van der Waals surface area contributed by atoms with Crippen LogP contribution in [-0.2, 0) is 9.53 Å². The second kappa shape index (κ2) is 4.87. The van der Waals surface area contributed by atoms with Crippen LogP contribution in [0.3, 0.4) is 0 Å². The maximum absolute atomic E-state index is 11.8. The summed E-state index contributed by atoms with van der Waals surface area (Å²) in [5.74, 6) is -0.0869. The summed E-state index contributed by atoms with van der Waals surface area (Å²) in [6.45, 7) is 3.08. The van der Waals surface area contributed by atoms with Gasteiger partial charge in [-0.3, -0.25) is 9.36 Å². The van der Waals surface area contributed by atoms with Crippen molar-refractivity contribution in [2.45, 2.75) is 38.7 Å². The summed E-state index contributed by atoms with van der Waals surface area (Å²) in [6, 6.07) is 1.52. The average Bonchev–Trinajstić information content (AvgIpc) is 2.58. The zero-order chi connectivity index (χ0) is 13.3. The Morgan fingerprint density at radius 3 is 2.89 bits per heavy atom. The van der Waals surface area contributed by atoms with E-state index in [0.29, 0.717) is 6.42 Å². The van der Waals surface area contributed by atoms with Crippen molar-refractivity contribution in [3.63, 3.8) is 0 Å². The van der Waals surface area contributed by atoms with Crippen LogP contribution < -0.4 is 11.0 Å². The first-order valence-electron chi connectivity index (χ1n) is 5.67. The molecule has 1 fully saturated rings. The summed E-state index contributed by atoms with van der Waals surface area (Å²) in [6.07, 6.45) is 0.438. The molecule has 1 aliphatic heterocycles. The highest BCUT2D eigenvalue weighted by Gasteiger charge is 2.32. The molecule has 0 radical (unpaired) electrons. The highest BCUT2D eigenvalue weighted by atomic mass is 16.5. The molecule has 1 unspecified atom stereocenters. The van der Waals surface area contributed by atoms with Crippen LogP contribution >= 0.6 is 0 Å². The van der Waals surface area contributed by atoms with Gasteiger partial charge in [0.15, 0.2) is 0 Å². The van der Waals surface area contributed by atoms with E-state index in [1.54, 1.807) is 6.92 Å². The summed E-state index contributed by atoms with van der Waals surface area (Å²) < 4.78 is 6.75. The number of aliphatic hydroxyl groups excluding tert-OH is 1. The number of carbonyl (C=O) groups excluding carboxylic acids is 1. The number of aromatic nitrogens is 2. The van der Waals surface area contributed by atoms with Crippen LogP contribution in [0.2, 0.25) is 0 Å². The first-order chi connectivity index (χ1) is 8.47. The van der Waals surface area contributed by atoms with Gasteiger partial charge in [-0.2, -0.15) is 4.98 Å². The molecule has 98 valence electrons. The summed E-state index contributed by atoms with van der Waals surface area (Å²) in [5, 5.41) is 12.0. The van der Waals surface area contributed by atoms with Gasteiger partial charge in [0.2, 0.25) is 5.91 Å². The van der Waals surface area contributed by atoms with Crippen molar-refractivity contribution < 1.29 is 14.6 Å². The minimum atomic E-state index is -0.586. The van der Waals surface area contributed by atoms with Crippen molar-refractivity contribution in [2.75, 3.05) is 5.32 Å². The number of aliphatic hydroxyl groups is 1. The van der Waals surface area contributed by atoms with E-state index in [0.717, 1.165) is 0 Å². The molecule has 3 atom stereocenters. The SMILES string of the molecule is CC(=O)Nc1ccn([C@H]2CC(O)[C@@H](C)O2)c(=O)n1. The van der Waals surface area contributed by atoms with Crippen LogP contribution in [0.15, 0.2) is 17.1 Å². The third-order valence-corrected chi connectivity index (χ3v) is 2.80. The number of carbonyl (C=O) groups is 1. The lowest BCUT2D eigenvalue weighted by molar-refractivity contribution is -0.114. The van der Waals surface area contributed by atoms with E-state index in [9.17, 15) is 14.7 Å². The zero-order valence-electron chi connectivity index (χ0n) is 10.2. The minimum Gasteiger partial charge on any atom is -0.390 e. The molecule has 2 rings (SSSR count). The molecule has 7 nitrogen and oxygen atoms in total. The van der Waals surface area contributed by atoms with Crippen molar-refractivity contribution in [2.24, 2.45) is 0 Å². The maximum Gasteiger partial charge on any atom is 0.351 e. The van der Waals surface area contributed by atoms with Crippen molar-refractivity contribution in [1.82, 2.24) is 9.55 Å². The molecule has 0 bridgehead atoms. The number of ether oxygens (including phenoxy) is 1. The topological polar surface area (TPSA) is 93.5 Å². The summed E-state index contributed by atoms with van der Waals surface area (Å²) in [5.41, 5.74) is -0.521. The van der Waals surface area contributed by atoms with Gasteiger partial charge in [0.25, 0.3) is 0 Å². The summed E-state index contributed by atoms with van der Waals surface area (Å²) in [4.78, 5) is 26.3. The Hall–Kier alpha value is -1.73. The summed E-state index contributed by atoms with van der Waals surface area (Å²) >= 11 is 0. The highest BCUT2D eigenvalue weighted by molar-refractivity contribution is 5.87. The van der Waals surface area contributed by atoms with Crippen LogP contribution in [0.1, 0.15) is 26.5 Å². The predicted octanol–water partition coefficient (Wildman–Crippen LogP) is -0.130. The number of hydrogen-bond donors (Lipinski definition) is 2. The smallest absolute Gasteiger partial charge is 0.351 e. The molecule has 1 aliphatic rings. The van der Waals surface area contributed by atoms with Gasteiger partial charge in [0.05, 0.1) is 12.2 Å². The number of anilines is 1. The third-order valence-electron chi connectivity index (χ3n) is 2.80. The molecule has 18 heavy (non-hydrogen) atoms. The lowest BCUT2D eigenvalue weighted by Gasteiger charge is -2.13. The Labute approximate surface area is 103 Å². The lowest BCUT2D eigenvalue weighted by atomic mass is 10.2. The monoisotopic (exact) mass is 253 g/mol. The van der Waals surface area contributed by atoms with E-state index >= 15 is 0 Å². The van der Waals surface area contributed by atoms with E-state index < -0.39 is 18.0 Å². The van der Waals surface area contributed by atoms with Gasteiger partial charge in [-0.25, -0.2) is 4.79 Å². The van der Waals surface area contributed by atoms with Crippen LogP contribution in [0, 0.1) is 0 Å². The van der Waals surface area contributed by atoms with Crippen LogP contribution in [-0.4, -0.2) is 32.8 Å². The third kappa shape index (κ3) is 2.57. The van der Waals surface area contributed by atoms with E-state index in [2.05, 4.69) is 10.3 Å². The molecule has 0 aromatic carbocycles. The van der Waals surface area contributed by atoms with Gasteiger partial charge in [-0.15, -0.1) is 0 Å². The molecule has 0 aliphatic carbocycles. The first kappa shape index (κ1) is 12.7. The molecule has 0 spiro atoms. The number of amides is 1. The molecule has 2 N–H and O–H groups in total. The molecule has 1 aromatic rings. The Morgan fingerprint density at radius 2 is 2.39 bits per heavy atom. The van der Waals surface area contributed by atoms with Gasteiger partial charge >= 0.3 is 5.69 Å². The summed E-state index contributed by atoms with van der Waals surface area (Å²) in [7, 11) is 0. The molecule has 0 saturated carbocycles. The average molecular weight is 253 g/mol. The van der Waals surface area contributed by atoms with Gasteiger partial charge in [0.1, 0.15) is 12.0 Å². The lowest BCUT2D eigenvalue weighted by Crippen LogP contribution is -2.27. The first-order valence-corrected chi connectivity index (χ1v) is 5.67. The normalized spacial score (nSPS) is 27.2. The van der Waals surface area contributed by atoms with E-state index in [1.807, 2.05) is 0 Å². The fraction of sp³-hybridized carbons (Fsp3) is 0.545. The Kier molecular flexibility index (Phi) is 3.44. The highest BCUT2D eigenvalue weighted by Crippen LogP contribution is 2.27. The van der Waals surface area contributed by atoms with E-state index in [4.69, 9.17) is 4.74 Å². The van der Waals surface area contributed by atoms with Crippen molar-refractivity contribution >= 4 is 11.7 Å². The zero-order valence-corrected chi connectivity index (χ0v) is 10.2. The van der Waals surface area contributed by atoms with Crippen LogP contribution in [0.25, 0.3) is 0 Å². The molecular formula is C11H15N3O4. The molecule has 1 saturated heterocycles. The fourth-order valence-corrected chi connectivity index (χ4v) is 1.85. The Balaban J connectivity index is 2.20. The second-order valence-corrected chi connectivity index (χ2v) is 4.28. The van der Waals surface area contributed by atoms with E-state index in [-0.39, 0.29) is 17.8 Å².